The first-order valence-electron chi connectivity index (χ1n) is 13.3. The number of ketones is 1. The van der Waals surface area contributed by atoms with Crippen LogP contribution < -0.4 is 0 Å². The molecule has 1 aliphatic heterocycles. The number of piperazine rings is 1. The molecule has 5 heteroatoms. The molecule has 182 valence electrons. The van der Waals surface area contributed by atoms with E-state index in [-0.39, 0.29) is 16.7 Å². The molecule has 8 atom stereocenters. The number of likely N-dealkylation sites (N-methyl/N-ethyl adjacent to an activating group) is 1. The van der Waals surface area contributed by atoms with E-state index in [1.807, 2.05) is 14.0 Å². The zero-order valence-corrected chi connectivity index (χ0v) is 20.9. The van der Waals surface area contributed by atoms with Crippen LogP contribution in [-0.2, 0) is 9.53 Å². The zero-order chi connectivity index (χ0) is 22.7. The minimum Gasteiger partial charge on any atom is -0.390 e. The molecule has 0 radical (unpaired) electrons. The Morgan fingerprint density at radius 2 is 1.75 bits per heavy atom. The lowest BCUT2D eigenvalue weighted by Crippen LogP contribution is -2.54. The summed E-state index contributed by atoms with van der Waals surface area (Å²) in [6, 6.07) is 0. The molecule has 1 saturated heterocycles. The summed E-state index contributed by atoms with van der Waals surface area (Å²) >= 11 is 0. The van der Waals surface area contributed by atoms with Crippen LogP contribution in [0, 0.1) is 40.4 Å². The quantitative estimate of drug-likeness (QED) is 0.701. The topological polar surface area (TPSA) is 53.0 Å². The number of carbonyl (C=O) groups excluding carboxylic acids is 1. The molecule has 32 heavy (non-hydrogen) atoms. The highest BCUT2D eigenvalue weighted by atomic mass is 16.5. The number of aliphatic hydroxyl groups is 1. The molecule has 1 N–H and O–H groups in total. The molecule has 0 spiro atoms. The highest BCUT2D eigenvalue weighted by Crippen LogP contribution is 2.71. The van der Waals surface area contributed by atoms with E-state index in [4.69, 9.17) is 4.74 Å². The summed E-state index contributed by atoms with van der Waals surface area (Å²) in [5.41, 5.74) is -0.152. The number of ether oxygens (including phenoxy) is 1. The summed E-state index contributed by atoms with van der Waals surface area (Å²) in [6.45, 7) is 10.2. The van der Waals surface area contributed by atoms with E-state index in [1.165, 1.54) is 25.7 Å². The number of nitrogens with zero attached hydrogens (tertiary/aromatic N) is 2. The van der Waals surface area contributed by atoms with Gasteiger partial charge in [-0.25, -0.2) is 0 Å². The number of hydrogen-bond acceptors (Lipinski definition) is 5. The van der Waals surface area contributed by atoms with Gasteiger partial charge in [0.05, 0.1) is 18.8 Å². The maximum Gasteiger partial charge on any atom is 0.150 e. The lowest BCUT2D eigenvalue weighted by atomic mass is 9.50. The minimum atomic E-state index is -0.520. The van der Waals surface area contributed by atoms with Crippen molar-refractivity contribution in [3.05, 3.63) is 0 Å². The van der Waals surface area contributed by atoms with Crippen LogP contribution in [0.2, 0.25) is 0 Å². The Morgan fingerprint density at radius 3 is 2.47 bits per heavy atom. The molecule has 5 rings (SSSR count). The summed E-state index contributed by atoms with van der Waals surface area (Å²) in [5.74, 6) is 3.42. The van der Waals surface area contributed by atoms with Crippen molar-refractivity contribution in [2.24, 2.45) is 40.4 Å². The van der Waals surface area contributed by atoms with Crippen molar-refractivity contribution < 1.29 is 14.6 Å². The van der Waals surface area contributed by atoms with E-state index < -0.39 is 5.60 Å². The van der Waals surface area contributed by atoms with Crippen molar-refractivity contribution in [1.82, 2.24) is 9.80 Å². The van der Waals surface area contributed by atoms with Gasteiger partial charge in [-0.1, -0.05) is 6.92 Å². The third-order valence-electron chi connectivity index (χ3n) is 11.1. The monoisotopic (exact) mass is 446 g/mol. The highest BCUT2D eigenvalue weighted by molar-refractivity contribution is 5.84. The Bertz CT molecular complexity index is 718. The van der Waals surface area contributed by atoms with Gasteiger partial charge in [-0.2, -0.15) is 0 Å². The molecule has 4 saturated carbocycles. The summed E-state index contributed by atoms with van der Waals surface area (Å²) < 4.78 is 5.90. The lowest BCUT2D eigenvalue weighted by Gasteiger charge is -2.57. The molecular weight excluding hydrogens is 400 g/mol. The Morgan fingerprint density at radius 1 is 1.00 bits per heavy atom. The summed E-state index contributed by atoms with van der Waals surface area (Å²) in [6.07, 6.45) is 8.96. The number of hydrogen-bond donors (Lipinski definition) is 1. The van der Waals surface area contributed by atoms with E-state index in [0.29, 0.717) is 30.1 Å². The molecule has 0 aromatic carbocycles. The van der Waals surface area contributed by atoms with Crippen LogP contribution in [-0.4, -0.2) is 79.8 Å². The van der Waals surface area contributed by atoms with Gasteiger partial charge in [-0.15, -0.1) is 0 Å². The van der Waals surface area contributed by atoms with Crippen LogP contribution in [0.4, 0.5) is 0 Å². The van der Waals surface area contributed by atoms with Crippen molar-refractivity contribution >= 4 is 5.78 Å². The average Bonchev–Trinajstić information content (AvgIpc) is 3.22. The molecule has 0 aromatic rings. The Hall–Kier alpha value is -0.490. The predicted molar refractivity (Wildman–Crippen MR) is 126 cm³/mol. The molecular formula is C27H46N2O3. The van der Waals surface area contributed by atoms with Gasteiger partial charge < -0.3 is 14.7 Å². The molecule has 4 aliphatic carbocycles. The maximum atomic E-state index is 13.6. The van der Waals surface area contributed by atoms with Gasteiger partial charge in [0.1, 0.15) is 5.78 Å². The second-order valence-electron chi connectivity index (χ2n) is 12.9. The van der Waals surface area contributed by atoms with E-state index in [9.17, 15) is 9.90 Å². The van der Waals surface area contributed by atoms with Crippen LogP contribution in [0.15, 0.2) is 0 Å². The van der Waals surface area contributed by atoms with Crippen LogP contribution in [0.3, 0.4) is 0 Å². The first kappa shape index (κ1) is 23.3. The van der Waals surface area contributed by atoms with Gasteiger partial charge in [0, 0.05) is 39.2 Å². The molecule has 0 aromatic heterocycles. The van der Waals surface area contributed by atoms with Crippen molar-refractivity contribution in [2.45, 2.75) is 70.8 Å². The van der Waals surface area contributed by atoms with Crippen molar-refractivity contribution in [1.29, 1.82) is 0 Å². The number of Topliss-reactive ketones (excluding diaryl/α,β-unsaturated/α-hetero) is 1. The second-order valence-corrected chi connectivity index (χ2v) is 12.9. The van der Waals surface area contributed by atoms with Gasteiger partial charge in [0.2, 0.25) is 0 Å². The third-order valence-corrected chi connectivity index (χ3v) is 11.1. The van der Waals surface area contributed by atoms with Crippen LogP contribution in [0.5, 0.6) is 0 Å². The van der Waals surface area contributed by atoms with Gasteiger partial charge >= 0.3 is 0 Å². The predicted octanol–water partition coefficient (Wildman–Crippen LogP) is 3.45. The van der Waals surface area contributed by atoms with E-state index in [2.05, 4.69) is 23.8 Å². The van der Waals surface area contributed by atoms with Gasteiger partial charge in [0.15, 0.2) is 0 Å². The summed E-state index contributed by atoms with van der Waals surface area (Å²) in [5, 5.41) is 10.8. The number of carbonyl (C=O) groups is 1. The number of fused-ring (bicyclic) bond motifs is 5. The third kappa shape index (κ3) is 3.70. The smallest absolute Gasteiger partial charge is 0.150 e. The summed E-state index contributed by atoms with van der Waals surface area (Å²) in [4.78, 5) is 18.4. The largest absolute Gasteiger partial charge is 0.390 e. The van der Waals surface area contributed by atoms with Gasteiger partial charge in [0.25, 0.3) is 0 Å². The molecule has 5 aliphatic rings. The number of rotatable bonds is 5. The molecule has 1 heterocycles. The second kappa shape index (κ2) is 8.32. The van der Waals surface area contributed by atoms with Crippen LogP contribution in [0.25, 0.3) is 0 Å². The van der Waals surface area contributed by atoms with E-state index in [1.54, 1.807) is 0 Å². The van der Waals surface area contributed by atoms with Crippen LogP contribution >= 0.6 is 0 Å². The SMILES string of the molecule is COC[C@]12CC[C@@](C)(O)C[C@@H]1CC[C@@H]1C2C[C@]2(C)[C@@H](C(=O)CN3CCN(C)CC3)CC[C@@H]12. The normalized spacial score (nSPS) is 49.5. The van der Waals surface area contributed by atoms with Crippen LogP contribution in [0.1, 0.15) is 65.2 Å². The Balaban J connectivity index is 1.35. The highest BCUT2D eigenvalue weighted by Gasteiger charge is 2.66. The molecule has 0 bridgehead atoms. The standard InChI is InChI=1S/C27H46N2O3/c1-25(31)9-10-27(18-32-4)19(15-25)5-6-20-21-7-8-22(26(21,2)16-23(20)27)24(30)17-29-13-11-28(3)12-14-29/h19-23,31H,5-18H2,1-4H3/t19-,20-,21-,22+,23?,25+,26-,27+/m0/s1. The van der Waals surface area contributed by atoms with Crippen molar-refractivity contribution in [3.63, 3.8) is 0 Å². The fraction of sp³-hybridized carbons (Fsp3) is 0.963. The minimum absolute atomic E-state index is 0.161. The Labute approximate surface area is 195 Å². The van der Waals surface area contributed by atoms with E-state index >= 15 is 0 Å². The molecule has 5 fully saturated rings. The fourth-order valence-electron chi connectivity index (χ4n) is 9.44. The van der Waals surface area contributed by atoms with E-state index in [0.717, 1.165) is 64.4 Å². The molecule has 5 nitrogen and oxygen atoms in total. The fourth-order valence-corrected chi connectivity index (χ4v) is 9.44. The van der Waals surface area contributed by atoms with Gasteiger partial charge in [-0.05, 0) is 99.8 Å². The maximum absolute atomic E-state index is 13.6. The molecule has 1 unspecified atom stereocenters. The Kier molecular flexibility index (Phi) is 6.05. The number of methoxy groups -OCH3 is 1. The lowest BCUT2D eigenvalue weighted by molar-refractivity contribution is -0.141. The molecule has 0 amide bonds. The van der Waals surface area contributed by atoms with Gasteiger partial charge in [-0.3, -0.25) is 9.69 Å². The first-order valence-corrected chi connectivity index (χ1v) is 13.3. The average molecular weight is 447 g/mol. The zero-order valence-electron chi connectivity index (χ0n) is 20.9. The first-order chi connectivity index (χ1) is 15.2. The van der Waals surface area contributed by atoms with Crippen molar-refractivity contribution in [3.8, 4) is 0 Å². The summed E-state index contributed by atoms with van der Waals surface area (Å²) in [7, 11) is 4.04. The van der Waals surface area contributed by atoms with Crippen molar-refractivity contribution in [2.75, 3.05) is 53.5 Å².